The predicted octanol–water partition coefficient (Wildman–Crippen LogP) is 4.12. The van der Waals surface area contributed by atoms with Gasteiger partial charge in [-0.3, -0.25) is 5.10 Å². The molecule has 0 saturated heterocycles. The van der Waals surface area contributed by atoms with Crippen LogP contribution >= 0.6 is 0 Å². The molecule has 3 aromatic rings. The van der Waals surface area contributed by atoms with Crippen molar-refractivity contribution < 1.29 is 0 Å². The topological polar surface area (TPSA) is 66.5 Å². The fourth-order valence-electron chi connectivity index (χ4n) is 3.74. The SMILES string of the molecule is Cc1ccc(-c2[nH]nc3ncccc23)nc1C1=CCN[C@@H](CC(C)C)C1. The van der Waals surface area contributed by atoms with Crippen LogP contribution in [-0.2, 0) is 0 Å². The molecule has 0 bridgehead atoms. The second-order valence-corrected chi connectivity index (χ2v) is 7.50. The zero-order valence-corrected chi connectivity index (χ0v) is 15.6. The van der Waals surface area contributed by atoms with Crippen LogP contribution in [0.4, 0.5) is 0 Å². The maximum absolute atomic E-state index is 5.01. The molecule has 4 rings (SSSR count). The third-order valence-electron chi connectivity index (χ3n) is 4.96. The predicted molar refractivity (Wildman–Crippen MR) is 106 cm³/mol. The van der Waals surface area contributed by atoms with E-state index in [4.69, 9.17) is 4.98 Å². The molecule has 0 amide bonds. The van der Waals surface area contributed by atoms with E-state index in [1.54, 1.807) is 6.20 Å². The molecule has 1 aliphatic heterocycles. The van der Waals surface area contributed by atoms with E-state index in [9.17, 15) is 0 Å². The minimum atomic E-state index is 0.525. The van der Waals surface area contributed by atoms with Crippen LogP contribution in [-0.4, -0.2) is 32.8 Å². The second kappa shape index (κ2) is 7.00. The molecule has 2 N–H and O–H groups in total. The number of hydrogen-bond donors (Lipinski definition) is 2. The number of pyridine rings is 2. The second-order valence-electron chi connectivity index (χ2n) is 7.50. The summed E-state index contributed by atoms with van der Waals surface area (Å²) in [5.41, 5.74) is 6.24. The van der Waals surface area contributed by atoms with Crippen molar-refractivity contribution in [1.82, 2.24) is 25.5 Å². The third-order valence-corrected chi connectivity index (χ3v) is 4.96. The maximum Gasteiger partial charge on any atom is 0.181 e. The highest BCUT2D eigenvalue weighted by molar-refractivity contribution is 5.89. The number of fused-ring (bicyclic) bond motifs is 1. The Bertz CT molecular complexity index is 954. The fraction of sp³-hybridized carbons (Fsp3) is 0.381. The summed E-state index contributed by atoms with van der Waals surface area (Å²) in [5.74, 6) is 0.691. The quantitative estimate of drug-likeness (QED) is 0.745. The maximum atomic E-state index is 5.01. The van der Waals surface area contributed by atoms with Gasteiger partial charge in [-0.05, 0) is 55.0 Å². The largest absolute Gasteiger partial charge is 0.310 e. The van der Waals surface area contributed by atoms with Gasteiger partial charge in [-0.2, -0.15) is 5.10 Å². The van der Waals surface area contributed by atoms with Crippen molar-refractivity contribution in [3.05, 3.63) is 47.8 Å². The summed E-state index contributed by atoms with van der Waals surface area (Å²) >= 11 is 0. The van der Waals surface area contributed by atoms with Crippen molar-refractivity contribution in [2.75, 3.05) is 6.54 Å². The van der Waals surface area contributed by atoms with Crippen LogP contribution in [0.5, 0.6) is 0 Å². The number of aromatic nitrogens is 4. The lowest BCUT2D eigenvalue weighted by Gasteiger charge is -2.26. The lowest BCUT2D eigenvalue weighted by atomic mass is 9.91. The van der Waals surface area contributed by atoms with Crippen molar-refractivity contribution in [1.29, 1.82) is 0 Å². The average molecular weight is 347 g/mol. The van der Waals surface area contributed by atoms with E-state index in [1.165, 1.54) is 17.6 Å². The van der Waals surface area contributed by atoms with Gasteiger partial charge in [-0.15, -0.1) is 0 Å². The molecule has 1 atom stereocenters. The summed E-state index contributed by atoms with van der Waals surface area (Å²) in [6.07, 6.45) is 6.26. The Balaban J connectivity index is 1.70. The van der Waals surface area contributed by atoms with Crippen LogP contribution in [0.3, 0.4) is 0 Å². The number of H-pyrrole nitrogens is 1. The van der Waals surface area contributed by atoms with E-state index in [-0.39, 0.29) is 0 Å². The van der Waals surface area contributed by atoms with E-state index in [0.717, 1.165) is 41.1 Å². The van der Waals surface area contributed by atoms with Crippen LogP contribution in [0.15, 0.2) is 36.5 Å². The molecular weight excluding hydrogens is 322 g/mol. The minimum Gasteiger partial charge on any atom is -0.310 e. The summed E-state index contributed by atoms with van der Waals surface area (Å²) in [4.78, 5) is 9.31. The number of nitrogens with zero attached hydrogens (tertiary/aromatic N) is 3. The Hall–Kier alpha value is -2.53. The van der Waals surface area contributed by atoms with E-state index in [0.29, 0.717) is 12.0 Å². The molecule has 0 fully saturated rings. The van der Waals surface area contributed by atoms with Crippen molar-refractivity contribution in [3.63, 3.8) is 0 Å². The van der Waals surface area contributed by atoms with Gasteiger partial charge in [-0.1, -0.05) is 26.0 Å². The highest BCUT2D eigenvalue weighted by atomic mass is 15.2. The van der Waals surface area contributed by atoms with Gasteiger partial charge in [0, 0.05) is 24.2 Å². The summed E-state index contributed by atoms with van der Waals surface area (Å²) in [6.45, 7) is 7.61. The first-order valence-electron chi connectivity index (χ1n) is 9.31. The average Bonchev–Trinajstić information content (AvgIpc) is 3.06. The van der Waals surface area contributed by atoms with Gasteiger partial charge in [0.1, 0.15) is 0 Å². The third kappa shape index (κ3) is 3.27. The van der Waals surface area contributed by atoms with E-state index in [1.807, 2.05) is 12.1 Å². The molecule has 0 radical (unpaired) electrons. The standard InChI is InChI=1S/C21H25N5/c1-13(2)11-16-12-15(8-10-22-16)19-14(3)6-7-18(24-19)20-17-5-4-9-23-21(17)26-25-20/h4-9,13,16,22H,10-12H2,1-3H3,(H,23,25,26)/t16-/m0/s1. The molecule has 0 spiro atoms. The zero-order valence-electron chi connectivity index (χ0n) is 15.6. The van der Waals surface area contributed by atoms with Gasteiger partial charge in [0.25, 0.3) is 0 Å². The number of hydrogen-bond acceptors (Lipinski definition) is 4. The molecule has 26 heavy (non-hydrogen) atoms. The molecule has 134 valence electrons. The summed E-state index contributed by atoms with van der Waals surface area (Å²) in [6, 6.07) is 8.71. The Kier molecular flexibility index (Phi) is 4.55. The van der Waals surface area contributed by atoms with Crippen LogP contribution in [0, 0.1) is 12.8 Å². The van der Waals surface area contributed by atoms with Gasteiger partial charge in [0.2, 0.25) is 0 Å². The molecule has 5 nitrogen and oxygen atoms in total. The van der Waals surface area contributed by atoms with Crippen LogP contribution in [0.1, 0.15) is 37.9 Å². The van der Waals surface area contributed by atoms with E-state index < -0.39 is 0 Å². The number of aryl methyl sites for hydroxylation is 1. The van der Waals surface area contributed by atoms with Crippen LogP contribution < -0.4 is 5.32 Å². The highest BCUT2D eigenvalue weighted by Gasteiger charge is 2.20. The van der Waals surface area contributed by atoms with Gasteiger partial charge < -0.3 is 5.32 Å². The van der Waals surface area contributed by atoms with Crippen LogP contribution in [0.25, 0.3) is 28.0 Å². The number of nitrogens with one attached hydrogen (secondary N) is 2. The zero-order chi connectivity index (χ0) is 18.1. The summed E-state index contributed by atoms with van der Waals surface area (Å²) in [5, 5.41) is 12.0. The number of rotatable bonds is 4. The molecule has 0 aliphatic carbocycles. The van der Waals surface area contributed by atoms with Crippen LogP contribution in [0.2, 0.25) is 0 Å². The molecule has 1 aliphatic rings. The van der Waals surface area contributed by atoms with Crippen molar-refractivity contribution in [2.45, 2.75) is 39.7 Å². The molecular formula is C21H25N5. The first-order chi connectivity index (χ1) is 12.6. The molecule has 3 aromatic heterocycles. The summed E-state index contributed by atoms with van der Waals surface area (Å²) < 4.78 is 0. The lowest BCUT2D eigenvalue weighted by Crippen LogP contribution is -2.34. The molecule has 0 unspecified atom stereocenters. The Morgan fingerprint density at radius 1 is 1.23 bits per heavy atom. The van der Waals surface area contributed by atoms with Crippen molar-refractivity contribution in [2.24, 2.45) is 5.92 Å². The number of aromatic amines is 1. The fourth-order valence-corrected chi connectivity index (χ4v) is 3.74. The molecule has 4 heterocycles. The van der Waals surface area contributed by atoms with Gasteiger partial charge in [-0.25, -0.2) is 9.97 Å². The van der Waals surface area contributed by atoms with Crippen molar-refractivity contribution >= 4 is 16.6 Å². The smallest absolute Gasteiger partial charge is 0.181 e. The first-order valence-corrected chi connectivity index (χ1v) is 9.31. The minimum absolute atomic E-state index is 0.525. The normalized spacial score (nSPS) is 17.7. The Morgan fingerprint density at radius 3 is 2.96 bits per heavy atom. The highest BCUT2D eigenvalue weighted by Crippen LogP contribution is 2.30. The van der Waals surface area contributed by atoms with Gasteiger partial charge in [0.05, 0.1) is 17.1 Å². The van der Waals surface area contributed by atoms with E-state index in [2.05, 4.69) is 59.5 Å². The molecule has 0 aromatic carbocycles. The molecule has 5 heteroatoms. The summed E-state index contributed by atoms with van der Waals surface area (Å²) in [7, 11) is 0. The monoisotopic (exact) mass is 347 g/mol. The Morgan fingerprint density at radius 2 is 2.12 bits per heavy atom. The Labute approximate surface area is 154 Å². The van der Waals surface area contributed by atoms with E-state index >= 15 is 0 Å². The molecule has 0 saturated carbocycles. The van der Waals surface area contributed by atoms with Crippen molar-refractivity contribution in [3.8, 4) is 11.4 Å². The van der Waals surface area contributed by atoms with Gasteiger partial charge in [0.15, 0.2) is 5.65 Å². The first kappa shape index (κ1) is 16.9. The lowest BCUT2D eigenvalue weighted by molar-refractivity contribution is 0.430. The van der Waals surface area contributed by atoms with Gasteiger partial charge >= 0.3 is 0 Å².